The number of aliphatic hydroxyl groups excluding tert-OH is 1. The highest BCUT2D eigenvalue weighted by atomic mass is 35.5. The Bertz CT molecular complexity index is 1130. The molecule has 2 aromatic carbocycles. The molecule has 0 aliphatic rings. The average molecular weight is 478 g/mol. The van der Waals surface area contributed by atoms with Gasteiger partial charge in [-0.3, -0.25) is 13.7 Å². The van der Waals surface area contributed by atoms with Crippen molar-refractivity contribution in [1.82, 2.24) is 9.78 Å². The lowest BCUT2D eigenvalue weighted by molar-refractivity contribution is 0.102. The summed E-state index contributed by atoms with van der Waals surface area (Å²) in [5.41, 5.74) is 0.271. The highest BCUT2D eigenvalue weighted by molar-refractivity contribution is 7.85. The third kappa shape index (κ3) is 6.09. The highest BCUT2D eigenvalue weighted by Crippen LogP contribution is 2.33. The summed E-state index contributed by atoms with van der Waals surface area (Å²) in [6.45, 7) is 3.33. The number of rotatable bonds is 9. The van der Waals surface area contributed by atoms with Crippen molar-refractivity contribution in [3.63, 3.8) is 0 Å². The third-order valence-corrected chi connectivity index (χ3v) is 5.95. The predicted molar refractivity (Wildman–Crippen MR) is 123 cm³/mol. The Kier molecular flexibility index (Phi) is 7.89. The van der Waals surface area contributed by atoms with E-state index >= 15 is 0 Å². The second-order valence-corrected chi connectivity index (χ2v) is 9.11. The molecule has 1 amide bonds. The van der Waals surface area contributed by atoms with Gasteiger partial charge < -0.3 is 19.9 Å². The minimum Gasteiger partial charge on any atom is -0.488 e. The minimum atomic E-state index is -1.14. The molecule has 2 N–H and O–H groups in total. The molecule has 0 saturated carbocycles. The lowest BCUT2D eigenvalue weighted by atomic mass is 10.2. The van der Waals surface area contributed by atoms with Crippen LogP contribution in [-0.2, 0) is 17.8 Å². The van der Waals surface area contributed by atoms with Crippen molar-refractivity contribution >= 4 is 34.1 Å². The van der Waals surface area contributed by atoms with Gasteiger partial charge in [-0.1, -0.05) is 18.5 Å². The molecule has 2 atom stereocenters. The third-order valence-electron chi connectivity index (χ3n) is 4.35. The maximum Gasteiger partial charge on any atom is 0.257 e. The fourth-order valence-corrected chi connectivity index (χ4v) is 3.86. The van der Waals surface area contributed by atoms with Gasteiger partial charge in [-0.25, -0.2) is 0 Å². The summed E-state index contributed by atoms with van der Waals surface area (Å²) in [7, 11) is 0.609. The molecule has 1 heterocycles. The van der Waals surface area contributed by atoms with Gasteiger partial charge in [0.1, 0.15) is 23.4 Å². The standard InChI is InChI=1S/C22H24ClN3O5S/c1-4-32(29)18-5-6-20(19(23)12-18)31-17-10-15(9-16(11-17)30-14(2)13-27)22(28)24-21-7-8-26(3)25-21/h5-12,14,27H,4,13H2,1-3H3,(H,24,25,28). The van der Waals surface area contributed by atoms with Crippen LogP contribution in [0.5, 0.6) is 17.2 Å². The maximum absolute atomic E-state index is 12.8. The van der Waals surface area contributed by atoms with Crippen LogP contribution in [0.15, 0.2) is 53.6 Å². The smallest absolute Gasteiger partial charge is 0.257 e. The van der Waals surface area contributed by atoms with E-state index in [-0.39, 0.29) is 12.2 Å². The number of anilines is 1. The minimum absolute atomic E-state index is 0.192. The molecule has 2 unspecified atom stereocenters. The summed E-state index contributed by atoms with van der Waals surface area (Å²) < 4.78 is 25.2. The Hall–Kier alpha value is -2.88. The maximum atomic E-state index is 12.8. The van der Waals surface area contributed by atoms with Gasteiger partial charge in [0, 0.05) is 41.6 Å². The number of aromatic nitrogens is 2. The molecule has 0 radical (unpaired) electrons. The molecule has 0 fully saturated rings. The van der Waals surface area contributed by atoms with Gasteiger partial charge >= 0.3 is 0 Å². The van der Waals surface area contributed by atoms with Gasteiger partial charge in [0.15, 0.2) is 5.82 Å². The number of amides is 1. The quantitative estimate of drug-likeness (QED) is 0.482. The Labute approximate surface area is 193 Å². The van der Waals surface area contributed by atoms with Crippen LogP contribution in [0.25, 0.3) is 0 Å². The SMILES string of the molecule is CCS(=O)c1ccc(Oc2cc(OC(C)CO)cc(C(=O)Nc3ccn(C)n3)c2)c(Cl)c1. The molecule has 0 bridgehead atoms. The van der Waals surface area contributed by atoms with E-state index in [1.807, 2.05) is 6.92 Å². The number of hydrogen-bond donors (Lipinski definition) is 2. The van der Waals surface area contributed by atoms with Crippen LogP contribution >= 0.6 is 11.6 Å². The lowest BCUT2D eigenvalue weighted by Gasteiger charge is -2.15. The first-order valence-corrected chi connectivity index (χ1v) is 11.6. The van der Waals surface area contributed by atoms with Crippen molar-refractivity contribution in [3.8, 4) is 17.2 Å². The van der Waals surface area contributed by atoms with E-state index in [0.29, 0.717) is 38.7 Å². The molecule has 8 nitrogen and oxygen atoms in total. The Morgan fingerprint density at radius 1 is 1.25 bits per heavy atom. The van der Waals surface area contributed by atoms with E-state index in [2.05, 4.69) is 10.4 Å². The highest BCUT2D eigenvalue weighted by Gasteiger charge is 2.15. The number of benzene rings is 2. The summed E-state index contributed by atoms with van der Waals surface area (Å²) in [4.78, 5) is 13.4. The summed E-state index contributed by atoms with van der Waals surface area (Å²) >= 11 is 6.33. The zero-order valence-corrected chi connectivity index (χ0v) is 19.4. The van der Waals surface area contributed by atoms with Crippen LogP contribution in [0.1, 0.15) is 24.2 Å². The number of hydrogen-bond acceptors (Lipinski definition) is 6. The zero-order chi connectivity index (χ0) is 23.3. The zero-order valence-electron chi connectivity index (χ0n) is 17.9. The molecular weight excluding hydrogens is 454 g/mol. The monoisotopic (exact) mass is 477 g/mol. The number of aliphatic hydroxyl groups is 1. The molecule has 10 heteroatoms. The van der Waals surface area contributed by atoms with Crippen molar-refractivity contribution < 1.29 is 23.6 Å². The van der Waals surface area contributed by atoms with Gasteiger partial charge in [0.2, 0.25) is 0 Å². The second-order valence-electron chi connectivity index (χ2n) is 6.96. The number of carbonyl (C=O) groups excluding carboxylic acids is 1. The fraction of sp³-hybridized carbons (Fsp3) is 0.273. The molecule has 1 aromatic heterocycles. The Balaban J connectivity index is 1.90. The number of ether oxygens (including phenoxy) is 2. The van der Waals surface area contributed by atoms with Gasteiger partial charge in [-0.2, -0.15) is 5.10 Å². The fourth-order valence-electron chi connectivity index (χ4n) is 2.77. The van der Waals surface area contributed by atoms with Gasteiger partial charge in [-0.05, 0) is 37.3 Å². The Morgan fingerprint density at radius 3 is 2.62 bits per heavy atom. The van der Waals surface area contributed by atoms with Crippen molar-refractivity contribution in [2.75, 3.05) is 17.7 Å². The largest absolute Gasteiger partial charge is 0.488 e. The molecule has 3 aromatic rings. The second kappa shape index (κ2) is 10.6. The van der Waals surface area contributed by atoms with Crippen LogP contribution < -0.4 is 14.8 Å². The van der Waals surface area contributed by atoms with Crippen LogP contribution in [0.2, 0.25) is 5.02 Å². The summed E-state index contributed by atoms with van der Waals surface area (Å²) in [5.74, 6) is 1.47. The number of halogens is 1. The first-order valence-electron chi connectivity index (χ1n) is 9.88. The van der Waals surface area contributed by atoms with Crippen LogP contribution in [0.4, 0.5) is 5.82 Å². The van der Waals surface area contributed by atoms with Crippen LogP contribution in [-0.4, -0.2) is 43.5 Å². The molecule has 0 aliphatic carbocycles. The van der Waals surface area contributed by atoms with Gasteiger partial charge in [0.05, 0.1) is 22.4 Å². The van der Waals surface area contributed by atoms with Crippen molar-refractivity contribution in [2.24, 2.45) is 7.05 Å². The Morgan fingerprint density at radius 2 is 2.00 bits per heavy atom. The van der Waals surface area contributed by atoms with Crippen molar-refractivity contribution in [1.29, 1.82) is 0 Å². The molecular formula is C22H24ClN3O5S. The number of nitrogens with zero attached hydrogens (tertiary/aromatic N) is 2. The number of nitrogens with one attached hydrogen (secondary N) is 1. The van der Waals surface area contributed by atoms with Crippen LogP contribution in [0, 0.1) is 0 Å². The summed E-state index contributed by atoms with van der Waals surface area (Å²) in [5, 5.41) is 16.5. The van der Waals surface area contributed by atoms with Crippen LogP contribution in [0.3, 0.4) is 0 Å². The average Bonchev–Trinajstić information content (AvgIpc) is 3.18. The predicted octanol–water partition coefficient (Wildman–Crippen LogP) is 4.01. The molecule has 0 aliphatic heterocycles. The molecule has 3 rings (SSSR count). The molecule has 0 saturated heterocycles. The lowest BCUT2D eigenvalue weighted by Crippen LogP contribution is -2.17. The van der Waals surface area contributed by atoms with E-state index in [0.717, 1.165) is 0 Å². The topological polar surface area (TPSA) is 103 Å². The van der Waals surface area contributed by atoms with E-state index in [1.54, 1.807) is 67.3 Å². The normalized spacial score (nSPS) is 12.8. The summed E-state index contributed by atoms with van der Waals surface area (Å²) in [6.07, 6.45) is 1.23. The molecule has 32 heavy (non-hydrogen) atoms. The van der Waals surface area contributed by atoms with Crippen molar-refractivity contribution in [3.05, 3.63) is 59.2 Å². The van der Waals surface area contributed by atoms with Gasteiger partial charge in [-0.15, -0.1) is 0 Å². The van der Waals surface area contributed by atoms with E-state index in [9.17, 15) is 14.1 Å². The summed E-state index contributed by atoms with van der Waals surface area (Å²) in [6, 6.07) is 11.3. The number of aryl methyl sites for hydroxylation is 1. The number of carbonyl (C=O) groups is 1. The van der Waals surface area contributed by atoms with Gasteiger partial charge in [0.25, 0.3) is 5.91 Å². The van der Waals surface area contributed by atoms with E-state index < -0.39 is 22.8 Å². The van der Waals surface area contributed by atoms with E-state index in [4.69, 9.17) is 21.1 Å². The van der Waals surface area contributed by atoms with Crippen molar-refractivity contribution in [2.45, 2.75) is 24.8 Å². The molecule has 0 spiro atoms. The molecule has 170 valence electrons. The first-order chi connectivity index (χ1) is 15.3. The first kappa shape index (κ1) is 23.8. The van der Waals surface area contributed by atoms with E-state index in [1.165, 1.54) is 0 Å².